The molecule has 0 radical (unpaired) electrons. The van der Waals surface area contributed by atoms with E-state index < -0.39 is 21.2 Å². The summed E-state index contributed by atoms with van der Waals surface area (Å²) in [6, 6.07) is 3.22. The van der Waals surface area contributed by atoms with Crippen LogP contribution in [0.1, 0.15) is 41.7 Å². The molecule has 1 amide bonds. The zero-order valence-corrected chi connectivity index (χ0v) is 12.2. The van der Waals surface area contributed by atoms with Crippen molar-refractivity contribution >= 4 is 15.9 Å². The molecule has 2 aliphatic carbocycles. The smallest absolute Gasteiger partial charge is 0.266 e. The maximum atomic E-state index is 12.4. The standard InChI is InChI=1S/C14H18N2O3S/c1-9-12(3-2-6-15-9)14(17)16-20(18,19)13-8-10-4-5-11(13)7-10/h2-3,6,10-11,13H,4-5,7-8H2,1H3,(H,16,17)/t10-,11+,13?/m1/s1. The van der Waals surface area contributed by atoms with E-state index in [9.17, 15) is 13.2 Å². The lowest BCUT2D eigenvalue weighted by Gasteiger charge is -2.22. The fraction of sp³-hybridized carbons (Fsp3) is 0.571. The lowest BCUT2D eigenvalue weighted by molar-refractivity contribution is 0.0979. The zero-order chi connectivity index (χ0) is 14.3. The summed E-state index contributed by atoms with van der Waals surface area (Å²) in [5.41, 5.74) is 0.854. The van der Waals surface area contributed by atoms with Crippen LogP contribution in [-0.4, -0.2) is 24.6 Å². The normalized spacial score (nSPS) is 28.6. The van der Waals surface area contributed by atoms with E-state index in [1.807, 2.05) is 0 Å². The van der Waals surface area contributed by atoms with Gasteiger partial charge in [0, 0.05) is 11.9 Å². The highest BCUT2D eigenvalue weighted by molar-refractivity contribution is 7.90. The minimum absolute atomic E-state index is 0.222. The quantitative estimate of drug-likeness (QED) is 0.919. The summed E-state index contributed by atoms with van der Waals surface area (Å²) >= 11 is 0. The van der Waals surface area contributed by atoms with Gasteiger partial charge in [0.05, 0.1) is 10.8 Å². The average molecular weight is 294 g/mol. The molecule has 0 spiro atoms. The van der Waals surface area contributed by atoms with Crippen LogP contribution in [0.25, 0.3) is 0 Å². The molecule has 2 saturated carbocycles. The number of aromatic nitrogens is 1. The highest BCUT2D eigenvalue weighted by Gasteiger charge is 2.46. The first-order chi connectivity index (χ1) is 9.47. The predicted molar refractivity (Wildman–Crippen MR) is 74.6 cm³/mol. The topological polar surface area (TPSA) is 76.1 Å². The number of carbonyl (C=O) groups excluding carboxylic acids is 1. The summed E-state index contributed by atoms with van der Waals surface area (Å²) in [5, 5.41) is -0.401. The molecule has 0 aliphatic heterocycles. The summed E-state index contributed by atoms with van der Waals surface area (Å²) in [5.74, 6) is 0.176. The summed E-state index contributed by atoms with van der Waals surface area (Å²) in [6.45, 7) is 1.69. The Hall–Kier alpha value is -1.43. The van der Waals surface area contributed by atoms with E-state index in [0.717, 1.165) is 19.3 Å². The number of hydrogen-bond donors (Lipinski definition) is 1. The molecule has 6 heteroatoms. The number of amides is 1. The Labute approximate surface area is 118 Å². The van der Waals surface area contributed by atoms with E-state index in [2.05, 4.69) is 9.71 Å². The van der Waals surface area contributed by atoms with Crippen LogP contribution >= 0.6 is 0 Å². The van der Waals surface area contributed by atoms with Crippen LogP contribution in [0, 0.1) is 18.8 Å². The van der Waals surface area contributed by atoms with Gasteiger partial charge in [0.15, 0.2) is 0 Å². The fourth-order valence-corrected chi connectivity index (χ4v) is 5.35. The van der Waals surface area contributed by atoms with Crippen LogP contribution in [0.5, 0.6) is 0 Å². The Kier molecular flexibility index (Phi) is 3.28. The van der Waals surface area contributed by atoms with E-state index in [1.54, 1.807) is 25.3 Å². The molecule has 5 nitrogen and oxygen atoms in total. The Morgan fingerprint density at radius 3 is 2.75 bits per heavy atom. The van der Waals surface area contributed by atoms with Crippen LogP contribution in [0.15, 0.2) is 18.3 Å². The van der Waals surface area contributed by atoms with E-state index in [1.165, 1.54) is 0 Å². The molecule has 108 valence electrons. The van der Waals surface area contributed by atoms with Gasteiger partial charge in [-0.2, -0.15) is 0 Å². The number of rotatable bonds is 3. The Bertz CT molecular complexity index is 642. The first kappa shape index (κ1) is 13.5. The highest BCUT2D eigenvalue weighted by Crippen LogP contribution is 2.47. The van der Waals surface area contributed by atoms with Gasteiger partial charge in [-0.15, -0.1) is 0 Å². The minimum atomic E-state index is -3.58. The van der Waals surface area contributed by atoms with Gasteiger partial charge in [0.2, 0.25) is 10.0 Å². The van der Waals surface area contributed by atoms with Crippen LogP contribution in [0.3, 0.4) is 0 Å². The van der Waals surface area contributed by atoms with Crippen molar-refractivity contribution in [2.45, 2.75) is 37.9 Å². The van der Waals surface area contributed by atoms with E-state index in [-0.39, 0.29) is 5.92 Å². The van der Waals surface area contributed by atoms with Crippen molar-refractivity contribution in [1.29, 1.82) is 0 Å². The molecule has 20 heavy (non-hydrogen) atoms. The van der Waals surface area contributed by atoms with Gasteiger partial charge in [0.1, 0.15) is 0 Å². The van der Waals surface area contributed by atoms with Crippen molar-refractivity contribution in [3.8, 4) is 0 Å². The van der Waals surface area contributed by atoms with Crippen LogP contribution in [0.4, 0.5) is 0 Å². The molecule has 0 saturated heterocycles. The molecular formula is C14H18N2O3S. The van der Waals surface area contributed by atoms with Gasteiger partial charge >= 0.3 is 0 Å². The third-order valence-corrected chi connectivity index (χ3v) is 6.40. The van der Waals surface area contributed by atoms with Crippen molar-refractivity contribution in [2.75, 3.05) is 0 Å². The van der Waals surface area contributed by atoms with Crippen LogP contribution < -0.4 is 4.72 Å². The van der Waals surface area contributed by atoms with E-state index >= 15 is 0 Å². The maximum absolute atomic E-state index is 12.4. The lowest BCUT2D eigenvalue weighted by atomic mass is 10.0. The summed E-state index contributed by atoms with van der Waals surface area (Å²) in [6.07, 6.45) is 5.37. The van der Waals surface area contributed by atoms with Gasteiger partial charge in [-0.3, -0.25) is 9.78 Å². The Morgan fingerprint density at radius 1 is 1.35 bits per heavy atom. The van der Waals surface area contributed by atoms with Gasteiger partial charge in [0.25, 0.3) is 5.91 Å². The second kappa shape index (κ2) is 4.84. The molecule has 0 aromatic carbocycles. The van der Waals surface area contributed by atoms with Gasteiger partial charge in [-0.1, -0.05) is 6.42 Å². The van der Waals surface area contributed by atoms with Crippen molar-refractivity contribution in [1.82, 2.24) is 9.71 Å². The monoisotopic (exact) mass is 294 g/mol. The van der Waals surface area contributed by atoms with Gasteiger partial charge in [-0.25, -0.2) is 13.1 Å². The van der Waals surface area contributed by atoms with Gasteiger partial charge in [-0.05, 0) is 50.2 Å². The molecule has 1 heterocycles. The molecule has 1 unspecified atom stereocenters. The number of aryl methyl sites for hydroxylation is 1. The highest BCUT2D eigenvalue weighted by atomic mass is 32.2. The number of carbonyl (C=O) groups is 1. The molecular weight excluding hydrogens is 276 g/mol. The number of sulfonamides is 1. The minimum Gasteiger partial charge on any atom is -0.268 e. The number of fused-ring (bicyclic) bond motifs is 2. The zero-order valence-electron chi connectivity index (χ0n) is 11.4. The molecule has 3 rings (SSSR count). The first-order valence-electron chi connectivity index (χ1n) is 6.95. The Morgan fingerprint density at radius 2 is 2.15 bits per heavy atom. The van der Waals surface area contributed by atoms with E-state index in [0.29, 0.717) is 23.6 Å². The molecule has 2 aliphatic rings. The molecule has 3 atom stereocenters. The third kappa shape index (κ3) is 2.32. The van der Waals surface area contributed by atoms with Crippen LogP contribution in [0.2, 0.25) is 0 Å². The molecule has 2 bridgehead atoms. The summed E-state index contributed by atoms with van der Waals surface area (Å²) < 4.78 is 27.0. The second-order valence-electron chi connectivity index (χ2n) is 5.83. The summed E-state index contributed by atoms with van der Waals surface area (Å²) in [7, 11) is -3.58. The molecule has 1 aromatic rings. The predicted octanol–water partition coefficient (Wildman–Crippen LogP) is 1.64. The largest absolute Gasteiger partial charge is 0.268 e. The van der Waals surface area contributed by atoms with Crippen molar-refractivity contribution in [2.24, 2.45) is 11.8 Å². The fourth-order valence-electron chi connectivity index (χ4n) is 3.55. The number of nitrogens with zero attached hydrogens (tertiary/aromatic N) is 1. The number of hydrogen-bond acceptors (Lipinski definition) is 4. The van der Waals surface area contributed by atoms with Crippen molar-refractivity contribution in [3.63, 3.8) is 0 Å². The Balaban J connectivity index is 1.77. The van der Waals surface area contributed by atoms with E-state index in [4.69, 9.17) is 0 Å². The molecule has 1 aromatic heterocycles. The number of nitrogens with one attached hydrogen (secondary N) is 1. The summed E-state index contributed by atoms with van der Waals surface area (Å²) in [4.78, 5) is 16.1. The van der Waals surface area contributed by atoms with Crippen molar-refractivity contribution < 1.29 is 13.2 Å². The maximum Gasteiger partial charge on any atom is 0.266 e. The molecule has 2 fully saturated rings. The molecule has 1 N–H and O–H groups in total. The lowest BCUT2D eigenvalue weighted by Crippen LogP contribution is -2.41. The van der Waals surface area contributed by atoms with Crippen LogP contribution in [-0.2, 0) is 10.0 Å². The van der Waals surface area contributed by atoms with Crippen molar-refractivity contribution in [3.05, 3.63) is 29.6 Å². The number of pyridine rings is 1. The second-order valence-corrected chi connectivity index (χ2v) is 7.73. The van der Waals surface area contributed by atoms with Gasteiger partial charge < -0.3 is 0 Å². The first-order valence-corrected chi connectivity index (χ1v) is 8.49. The SMILES string of the molecule is Cc1ncccc1C(=O)NS(=O)(=O)C1C[C@@H]2CC[C@H]1C2. The third-order valence-electron chi connectivity index (χ3n) is 4.56. The average Bonchev–Trinajstić information content (AvgIpc) is 3.01.